The van der Waals surface area contributed by atoms with Crippen LogP contribution in [0.4, 0.5) is 0 Å². The van der Waals surface area contributed by atoms with Crippen molar-refractivity contribution in [3.05, 3.63) is 39.6 Å². The second-order valence-corrected chi connectivity index (χ2v) is 9.34. The van der Waals surface area contributed by atoms with Crippen LogP contribution in [0.15, 0.2) is 23.6 Å². The molecule has 2 rings (SSSR count). The van der Waals surface area contributed by atoms with Crippen LogP contribution in [-0.4, -0.2) is 27.1 Å². The first kappa shape index (κ1) is 21.6. The monoisotopic (exact) mass is 407 g/mol. The van der Waals surface area contributed by atoms with Crippen LogP contribution in [0.5, 0.6) is 5.88 Å². The zero-order valence-corrected chi connectivity index (χ0v) is 18.2. The van der Waals surface area contributed by atoms with Crippen molar-refractivity contribution in [2.75, 3.05) is 6.26 Å². The van der Waals surface area contributed by atoms with Crippen LogP contribution >= 0.6 is 23.4 Å². The molecule has 6 nitrogen and oxygen atoms in total. The van der Waals surface area contributed by atoms with E-state index in [0.29, 0.717) is 17.5 Å². The van der Waals surface area contributed by atoms with Gasteiger partial charge in [-0.2, -0.15) is 11.8 Å². The van der Waals surface area contributed by atoms with Crippen LogP contribution in [0, 0.1) is 0 Å². The van der Waals surface area contributed by atoms with Gasteiger partial charge in [-0.25, -0.2) is 9.97 Å². The van der Waals surface area contributed by atoms with Crippen LogP contribution in [0.2, 0.25) is 5.15 Å². The summed E-state index contributed by atoms with van der Waals surface area (Å²) in [6.07, 6.45) is 6.99. The van der Waals surface area contributed by atoms with Crippen molar-refractivity contribution >= 4 is 34.1 Å². The van der Waals surface area contributed by atoms with Gasteiger partial charge in [-0.15, -0.1) is 0 Å². The second kappa shape index (κ2) is 8.55. The lowest BCUT2D eigenvalue weighted by atomic mass is 9.88. The van der Waals surface area contributed by atoms with Gasteiger partial charge in [0, 0.05) is 22.1 Å². The fourth-order valence-electron chi connectivity index (χ4n) is 3.03. The van der Waals surface area contributed by atoms with Crippen LogP contribution in [0.3, 0.4) is 0 Å². The average Bonchev–Trinajstić information content (AvgIpc) is 2.61. The first-order valence-electron chi connectivity index (χ1n) is 8.88. The van der Waals surface area contributed by atoms with Gasteiger partial charge in [-0.3, -0.25) is 0 Å². The van der Waals surface area contributed by atoms with Gasteiger partial charge in [0.2, 0.25) is 5.88 Å². The van der Waals surface area contributed by atoms with Gasteiger partial charge in [0.25, 0.3) is 0 Å². The highest BCUT2D eigenvalue weighted by Gasteiger charge is 2.28. The molecule has 0 aliphatic carbocycles. The van der Waals surface area contributed by atoms with E-state index < -0.39 is 5.54 Å². The number of thioether (sulfide) groups is 1. The summed E-state index contributed by atoms with van der Waals surface area (Å²) in [5.41, 5.74) is 9.08. The van der Waals surface area contributed by atoms with Gasteiger partial charge in [-0.1, -0.05) is 37.5 Å². The molecule has 0 saturated carbocycles. The maximum absolute atomic E-state index is 9.00. The topological polar surface area (TPSA) is 83.8 Å². The average molecular weight is 408 g/mol. The number of fused-ring (bicyclic) bond motifs is 1. The molecule has 27 heavy (non-hydrogen) atoms. The Morgan fingerprint density at radius 3 is 2.59 bits per heavy atom. The summed E-state index contributed by atoms with van der Waals surface area (Å²) in [4.78, 5) is 11.8. The molecule has 8 heteroatoms. The Morgan fingerprint density at radius 1 is 1.30 bits per heavy atom. The summed E-state index contributed by atoms with van der Waals surface area (Å²) in [5, 5.41) is 5.98. The fourth-order valence-corrected chi connectivity index (χ4v) is 3.59. The number of hydrogen-bond acceptors (Lipinski definition) is 5. The van der Waals surface area contributed by atoms with Crippen molar-refractivity contribution in [3.8, 4) is 5.88 Å². The molecular weight excluding hydrogens is 382 g/mol. The van der Waals surface area contributed by atoms with Gasteiger partial charge >= 0.3 is 0 Å². The third kappa shape index (κ3) is 4.98. The van der Waals surface area contributed by atoms with E-state index in [-0.39, 0.29) is 10.9 Å². The molecule has 2 aromatic rings. The Kier molecular flexibility index (Phi) is 6.84. The molecule has 2 heterocycles. The minimum Gasteiger partial charge on any atom is -0.474 e. The van der Waals surface area contributed by atoms with Gasteiger partial charge in [-0.05, 0) is 55.5 Å². The Morgan fingerprint density at radius 2 is 2.00 bits per heavy atom. The molecule has 0 aliphatic heterocycles. The Balaban J connectivity index is 2.53. The molecule has 0 unspecified atom stereocenters. The molecule has 0 bridgehead atoms. The van der Waals surface area contributed by atoms with E-state index in [1.165, 1.54) is 0 Å². The molecule has 0 amide bonds. The number of hydrogen-bond donors (Lipinski definition) is 0. The predicted molar refractivity (Wildman–Crippen MR) is 114 cm³/mol. The highest BCUT2D eigenvalue weighted by atomic mass is 35.5. The normalized spacial score (nSPS) is 15.1. The van der Waals surface area contributed by atoms with Crippen LogP contribution in [0.1, 0.15) is 53.0 Å². The fraction of sp³-hybridized carbons (Fsp3) is 0.579. The number of ether oxygens (including phenoxy) is 1. The number of azide groups is 1. The van der Waals surface area contributed by atoms with Crippen LogP contribution in [-0.2, 0) is 5.54 Å². The quantitative estimate of drug-likeness (QED) is 0.216. The van der Waals surface area contributed by atoms with E-state index >= 15 is 0 Å². The third-order valence-corrected chi connectivity index (χ3v) is 6.36. The van der Waals surface area contributed by atoms with Gasteiger partial charge in [0.05, 0.1) is 17.0 Å². The minimum absolute atomic E-state index is 0.0145. The maximum atomic E-state index is 9.00. The van der Waals surface area contributed by atoms with Gasteiger partial charge < -0.3 is 4.74 Å². The molecule has 0 aromatic carbocycles. The number of rotatable bonds is 8. The summed E-state index contributed by atoms with van der Waals surface area (Å²) in [7, 11) is 0. The van der Waals surface area contributed by atoms with Crippen molar-refractivity contribution in [3.63, 3.8) is 0 Å². The van der Waals surface area contributed by atoms with E-state index in [9.17, 15) is 0 Å². The molecule has 0 spiro atoms. The molecule has 0 fully saturated rings. The Hall–Kier alpha value is -1.69. The number of pyridine rings is 2. The first-order valence-corrected chi connectivity index (χ1v) is 10.5. The molecule has 2 aromatic heterocycles. The molecule has 0 aliphatic rings. The van der Waals surface area contributed by atoms with E-state index in [1.807, 2.05) is 32.5 Å². The lowest BCUT2D eigenvalue weighted by Crippen LogP contribution is -2.25. The standard InChI is InChI=1S/C19H26ClN5OS/c1-7-19(5,24-25-21)15-11-23-17(14-10-22-16(20)8-13(14)15)26-12(2)9-18(3,4)27-6/h8,10-12H,7,9H2,1-6H3/t12-,19-/m1/s1. The number of halogens is 1. The summed E-state index contributed by atoms with van der Waals surface area (Å²) < 4.78 is 6.27. The molecule has 2 atom stereocenters. The van der Waals surface area contributed by atoms with Gasteiger partial charge in [0.1, 0.15) is 5.15 Å². The molecule has 0 saturated heterocycles. The summed E-state index contributed by atoms with van der Waals surface area (Å²) in [6, 6.07) is 1.78. The second-order valence-electron chi connectivity index (χ2n) is 7.44. The predicted octanol–water partition coefficient (Wildman–Crippen LogP) is 6.52. The van der Waals surface area contributed by atoms with Gasteiger partial charge in [0.15, 0.2) is 0 Å². The van der Waals surface area contributed by atoms with Crippen molar-refractivity contribution in [1.29, 1.82) is 0 Å². The number of nitrogens with zero attached hydrogens (tertiary/aromatic N) is 5. The van der Waals surface area contributed by atoms with Crippen LogP contribution < -0.4 is 4.74 Å². The van der Waals surface area contributed by atoms with Crippen molar-refractivity contribution in [1.82, 2.24) is 9.97 Å². The lowest BCUT2D eigenvalue weighted by Gasteiger charge is -2.27. The molecular formula is C19H26ClN5OS. The Bertz CT molecular complexity index is 869. The highest BCUT2D eigenvalue weighted by Crippen LogP contribution is 2.38. The molecule has 0 radical (unpaired) electrons. The third-order valence-electron chi connectivity index (χ3n) is 4.88. The first-order chi connectivity index (χ1) is 12.7. The van der Waals surface area contributed by atoms with E-state index in [2.05, 4.69) is 40.1 Å². The van der Waals surface area contributed by atoms with E-state index in [0.717, 1.165) is 22.8 Å². The van der Waals surface area contributed by atoms with Crippen molar-refractivity contribution < 1.29 is 4.74 Å². The van der Waals surface area contributed by atoms with Crippen molar-refractivity contribution in [2.24, 2.45) is 5.11 Å². The molecule has 0 N–H and O–H groups in total. The zero-order valence-electron chi connectivity index (χ0n) is 16.7. The van der Waals surface area contributed by atoms with Crippen molar-refractivity contribution in [2.45, 2.75) is 63.9 Å². The smallest absolute Gasteiger partial charge is 0.223 e. The largest absolute Gasteiger partial charge is 0.474 e. The summed E-state index contributed by atoms with van der Waals surface area (Å²) in [5.74, 6) is 0.515. The SMILES string of the molecule is CC[C@@](C)(N=[N+]=[N-])c1cnc(O[C@H](C)CC(C)(C)SC)c2cnc(Cl)cc12. The summed E-state index contributed by atoms with van der Waals surface area (Å²) in [6.45, 7) is 10.3. The molecule has 146 valence electrons. The maximum Gasteiger partial charge on any atom is 0.223 e. The Labute approximate surface area is 169 Å². The minimum atomic E-state index is -0.727. The lowest BCUT2D eigenvalue weighted by molar-refractivity contribution is 0.194. The summed E-state index contributed by atoms with van der Waals surface area (Å²) >= 11 is 7.96. The van der Waals surface area contributed by atoms with E-state index in [4.69, 9.17) is 21.9 Å². The van der Waals surface area contributed by atoms with Crippen LogP contribution in [0.25, 0.3) is 21.2 Å². The highest BCUT2D eigenvalue weighted by molar-refractivity contribution is 7.99. The number of aromatic nitrogens is 2. The van der Waals surface area contributed by atoms with E-state index in [1.54, 1.807) is 18.5 Å². The zero-order chi connectivity index (χ0) is 20.2.